The number of aliphatic hydroxyl groups is 1. The van der Waals surface area contributed by atoms with Crippen molar-refractivity contribution in [2.75, 3.05) is 11.9 Å². The van der Waals surface area contributed by atoms with Crippen LogP contribution in [-0.2, 0) is 5.54 Å². The van der Waals surface area contributed by atoms with Crippen LogP contribution in [0.2, 0.25) is 5.02 Å². The summed E-state index contributed by atoms with van der Waals surface area (Å²) >= 11 is 5.94. The summed E-state index contributed by atoms with van der Waals surface area (Å²) in [5.41, 5.74) is 0.996. The molecule has 2 aromatic heterocycles. The minimum absolute atomic E-state index is 0.0761. The highest BCUT2D eigenvalue weighted by molar-refractivity contribution is 6.30. The molecule has 0 radical (unpaired) electrons. The van der Waals surface area contributed by atoms with Crippen molar-refractivity contribution in [3.8, 4) is 0 Å². The molecule has 3 aromatic rings. The monoisotopic (exact) mass is 302 g/mol. The van der Waals surface area contributed by atoms with Crippen molar-refractivity contribution in [3.63, 3.8) is 0 Å². The van der Waals surface area contributed by atoms with E-state index in [1.165, 1.54) is 0 Å². The Balaban J connectivity index is 1.95. The Morgan fingerprint density at radius 1 is 1.24 bits per heavy atom. The maximum atomic E-state index is 9.77. The molecule has 6 heteroatoms. The van der Waals surface area contributed by atoms with Gasteiger partial charge in [0.1, 0.15) is 0 Å². The van der Waals surface area contributed by atoms with Crippen LogP contribution in [0.1, 0.15) is 12.5 Å². The number of nitrogens with one attached hydrogen (secondary N) is 1. The molecular formula is C15H15ClN4O. The van der Waals surface area contributed by atoms with Crippen molar-refractivity contribution < 1.29 is 5.11 Å². The zero-order valence-corrected chi connectivity index (χ0v) is 12.2. The molecule has 0 saturated carbocycles. The van der Waals surface area contributed by atoms with Gasteiger partial charge in [0.2, 0.25) is 5.95 Å². The number of aliphatic hydroxyl groups excluding tert-OH is 1. The summed E-state index contributed by atoms with van der Waals surface area (Å²) in [4.78, 5) is 4.38. The first-order valence-electron chi connectivity index (χ1n) is 6.57. The quantitative estimate of drug-likeness (QED) is 0.778. The van der Waals surface area contributed by atoms with Crippen molar-refractivity contribution in [3.05, 3.63) is 59.2 Å². The molecular weight excluding hydrogens is 288 g/mol. The second-order valence-corrected chi connectivity index (χ2v) is 5.50. The van der Waals surface area contributed by atoms with E-state index >= 15 is 0 Å². The molecule has 0 fully saturated rings. The van der Waals surface area contributed by atoms with Crippen molar-refractivity contribution in [1.29, 1.82) is 0 Å². The third-order valence-corrected chi connectivity index (χ3v) is 3.63. The first-order chi connectivity index (χ1) is 10.1. The van der Waals surface area contributed by atoms with E-state index < -0.39 is 5.54 Å². The fourth-order valence-electron chi connectivity index (χ4n) is 2.17. The third-order valence-electron chi connectivity index (χ3n) is 3.41. The van der Waals surface area contributed by atoms with Crippen LogP contribution >= 0.6 is 11.6 Å². The average molecular weight is 303 g/mol. The summed E-state index contributed by atoms with van der Waals surface area (Å²) in [6.07, 6.45) is 1.69. The SMILES string of the molecule is CC(CO)(Nc1nc2ccc(Cl)cn2n1)c1ccccc1. The Kier molecular flexibility index (Phi) is 3.53. The number of aromatic nitrogens is 3. The van der Waals surface area contributed by atoms with Crippen LogP contribution in [0.5, 0.6) is 0 Å². The van der Waals surface area contributed by atoms with Gasteiger partial charge in [-0.2, -0.15) is 4.98 Å². The zero-order valence-electron chi connectivity index (χ0n) is 11.5. The molecule has 2 N–H and O–H groups in total. The van der Waals surface area contributed by atoms with Gasteiger partial charge >= 0.3 is 0 Å². The van der Waals surface area contributed by atoms with Crippen LogP contribution in [0.4, 0.5) is 5.95 Å². The van der Waals surface area contributed by atoms with E-state index in [0.717, 1.165) is 5.56 Å². The molecule has 1 aromatic carbocycles. The fraction of sp³-hybridized carbons (Fsp3) is 0.200. The number of fused-ring (bicyclic) bond motifs is 1. The minimum Gasteiger partial charge on any atom is -0.394 e. The van der Waals surface area contributed by atoms with E-state index in [2.05, 4.69) is 15.4 Å². The van der Waals surface area contributed by atoms with Crippen molar-refractivity contribution in [2.24, 2.45) is 0 Å². The normalized spacial score (nSPS) is 14.0. The van der Waals surface area contributed by atoms with E-state index in [1.807, 2.05) is 37.3 Å². The van der Waals surface area contributed by atoms with Gasteiger partial charge in [0, 0.05) is 6.20 Å². The highest BCUT2D eigenvalue weighted by atomic mass is 35.5. The van der Waals surface area contributed by atoms with Crippen molar-refractivity contribution in [2.45, 2.75) is 12.5 Å². The predicted octanol–water partition coefficient (Wildman–Crippen LogP) is 2.70. The highest BCUT2D eigenvalue weighted by Gasteiger charge is 2.27. The van der Waals surface area contributed by atoms with Gasteiger partial charge < -0.3 is 10.4 Å². The Bertz CT molecular complexity index is 759. The summed E-state index contributed by atoms with van der Waals surface area (Å²) in [5.74, 6) is 0.442. The molecule has 1 atom stereocenters. The van der Waals surface area contributed by atoms with E-state index in [0.29, 0.717) is 16.6 Å². The molecule has 0 bridgehead atoms. The topological polar surface area (TPSA) is 62.5 Å². The maximum absolute atomic E-state index is 9.77. The van der Waals surface area contributed by atoms with E-state index in [9.17, 15) is 5.11 Å². The molecule has 0 aliphatic heterocycles. The largest absolute Gasteiger partial charge is 0.394 e. The first-order valence-corrected chi connectivity index (χ1v) is 6.95. The number of anilines is 1. The lowest BCUT2D eigenvalue weighted by molar-refractivity contribution is 0.223. The number of hydrogen-bond donors (Lipinski definition) is 2. The van der Waals surface area contributed by atoms with Gasteiger partial charge in [-0.05, 0) is 24.6 Å². The first kappa shape index (κ1) is 13.9. The number of hydrogen-bond acceptors (Lipinski definition) is 4. The second-order valence-electron chi connectivity index (χ2n) is 5.07. The zero-order chi connectivity index (χ0) is 14.9. The molecule has 0 spiro atoms. The molecule has 3 rings (SSSR count). The molecule has 0 aliphatic rings. The van der Waals surface area contributed by atoms with Gasteiger partial charge in [-0.1, -0.05) is 41.9 Å². The smallest absolute Gasteiger partial charge is 0.243 e. The van der Waals surface area contributed by atoms with Gasteiger partial charge in [-0.25, -0.2) is 4.52 Å². The van der Waals surface area contributed by atoms with Crippen LogP contribution in [0.25, 0.3) is 5.65 Å². The number of pyridine rings is 1. The summed E-state index contributed by atoms with van der Waals surface area (Å²) in [6.45, 7) is 1.83. The van der Waals surface area contributed by atoms with Gasteiger partial charge in [-0.15, -0.1) is 5.10 Å². The molecule has 21 heavy (non-hydrogen) atoms. The summed E-state index contributed by atoms with van der Waals surface area (Å²) in [5, 5.41) is 17.9. The lowest BCUT2D eigenvalue weighted by Crippen LogP contribution is -2.36. The number of halogens is 1. The van der Waals surface area contributed by atoms with Gasteiger partial charge in [-0.3, -0.25) is 0 Å². The lowest BCUT2D eigenvalue weighted by atomic mass is 9.93. The van der Waals surface area contributed by atoms with Crippen LogP contribution < -0.4 is 5.32 Å². The number of rotatable bonds is 4. The van der Waals surface area contributed by atoms with Gasteiger partial charge in [0.25, 0.3) is 0 Å². The maximum Gasteiger partial charge on any atom is 0.243 e. The molecule has 2 heterocycles. The second kappa shape index (κ2) is 5.35. The Morgan fingerprint density at radius 2 is 2.00 bits per heavy atom. The highest BCUT2D eigenvalue weighted by Crippen LogP contribution is 2.24. The molecule has 1 unspecified atom stereocenters. The Morgan fingerprint density at radius 3 is 2.71 bits per heavy atom. The molecule has 0 amide bonds. The third kappa shape index (κ3) is 2.70. The predicted molar refractivity (Wildman–Crippen MR) is 82.5 cm³/mol. The molecule has 5 nitrogen and oxygen atoms in total. The Hall–Kier alpha value is -2.11. The van der Waals surface area contributed by atoms with Crippen LogP contribution in [-0.4, -0.2) is 26.3 Å². The molecule has 108 valence electrons. The van der Waals surface area contributed by atoms with Gasteiger partial charge in [0.05, 0.1) is 17.2 Å². The minimum atomic E-state index is -0.657. The Labute approximate surface area is 127 Å². The molecule has 0 aliphatic carbocycles. The van der Waals surface area contributed by atoms with Crippen LogP contribution in [0, 0.1) is 0 Å². The summed E-state index contributed by atoms with van der Waals surface area (Å²) in [7, 11) is 0. The van der Waals surface area contributed by atoms with E-state index in [-0.39, 0.29) is 6.61 Å². The van der Waals surface area contributed by atoms with Crippen molar-refractivity contribution in [1.82, 2.24) is 14.6 Å². The standard InChI is InChI=1S/C15H15ClN4O/c1-15(10-21,11-5-3-2-4-6-11)18-14-17-13-8-7-12(16)9-20(13)19-14/h2-9,21H,10H2,1H3,(H,18,19). The lowest BCUT2D eigenvalue weighted by Gasteiger charge is -2.28. The fourth-order valence-corrected chi connectivity index (χ4v) is 2.32. The molecule has 0 saturated heterocycles. The average Bonchev–Trinajstić information content (AvgIpc) is 2.89. The van der Waals surface area contributed by atoms with Crippen LogP contribution in [0.3, 0.4) is 0 Å². The van der Waals surface area contributed by atoms with E-state index in [1.54, 1.807) is 22.8 Å². The number of nitrogens with zero attached hydrogens (tertiary/aromatic N) is 3. The van der Waals surface area contributed by atoms with Crippen molar-refractivity contribution >= 4 is 23.2 Å². The van der Waals surface area contributed by atoms with Gasteiger partial charge in [0.15, 0.2) is 5.65 Å². The van der Waals surface area contributed by atoms with E-state index in [4.69, 9.17) is 11.6 Å². The summed E-state index contributed by atoms with van der Waals surface area (Å²) < 4.78 is 1.60. The van der Waals surface area contributed by atoms with Crippen LogP contribution in [0.15, 0.2) is 48.7 Å². The number of benzene rings is 1. The summed E-state index contributed by atoms with van der Waals surface area (Å²) in [6, 6.07) is 13.3.